The van der Waals surface area contributed by atoms with Crippen LogP contribution in [0.2, 0.25) is 0 Å². The van der Waals surface area contributed by atoms with Crippen molar-refractivity contribution in [2.24, 2.45) is 10.9 Å². The number of aliphatic imine (C=N–C) groups is 1. The molecule has 1 rings (SSSR count). The Morgan fingerprint density at radius 3 is 2.64 bits per heavy atom. The van der Waals surface area contributed by atoms with E-state index >= 15 is 0 Å². The molecule has 1 aliphatic rings. The summed E-state index contributed by atoms with van der Waals surface area (Å²) in [5.74, 6) is 0.955. The van der Waals surface area contributed by atoms with E-state index in [9.17, 15) is 4.79 Å². The van der Waals surface area contributed by atoms with E-state index in [0.717, 1.165) is 25.5 Å². The molecule has 126 valence electrons. The molecule has 0 aromatic rings. The van der Waals surface area contributed by atoms with Crippen molar-refractivity contribution in [2.75, 3.05) is 26.2 Å². The summed E-state index contributed by atoms with van der Waals surface area (Å²) in [5, 5.41) is 9.39. The summed E-state index contributed by atoms with van der Waals surface area (Å²) < 4.78 is 0. The first-order valence-corrected chi connectivity index (χ1v) is 8.61. The van der Waals surface area contributed by atoms with Gasteiger partial charge in [-0.25, -0.2) is 0 Å². The van der Waals surface area contributed by atoms with Gasteiger partial charge in [0.25, 0.3) is 0 Å². The topological polar surface area (TPSA) is 65.5 Å². The number of nitrogens with one attached hydrogen (secondary N) is 3. The quantitative estimate of drug-likeness (QED) is 0.279. The molecule has 3 N–H and O–H groups in total. The Kier molecular flexibility index (Phi) is 9.35. The van der Waals surface area contributed by atoms with E-state index in [2.05, 4.69) is 33.9 Å². The molecule has 0 spiro atoms. The van der Waals surface area contributed by atoms with Gasteiger partial charge in [-0.15, -0.1) is 0 Å². The fourth-order valence-electron chi connectivity index (χ4n) is 2.36. The summed E-state index contributed by atoms with van der Waals surface area (Å²) in [6.45, 7) is 8.82. The van der Waals surface area contributed by atoms with Crippen molar-refractivity contribution in [3.63, 3.8) is 0 Å². The Balaban J connectivity index is 2.26. The van der Waals surface area contributed by atoms with E-state index < -0.39 is 0 Å². The maximum Gasteiger partial charge on any atom is 0.222 e. The van der Waals surface area contributed by atoms with Crippen LogP contribution in [0.25, 0.3) is 0 Å². The molecule has 0 unspecified atom stereocenters. The van der Waals surface area contributed by atoms with Crippen molar-refractivity contribution < 1.29 is 4.79 Å². The highest BCUT2D eigenvalue weighted by molar-refractivity contribution is 5.80. The summed E-state index contributed by atoms with van der Waals surface area (Å²) in [4.78, 5) is 16.1. The van der Waals surface area contributed by atoms with Crippen LogP contribution in [-0.4, -0.2) is 38.0 Å². The van der Waals surface area contributed by atoms with Gasteiger partial charge in [0.2, 0.25) is 5.91 Å². The smallest absolute Gasteiger partial charge is 0.222 e. The molecule has 22 heavy (non-hydrogen) atoms. The molecule has 5 nitrogen and oxygen atoms in total. The molecule has 5 heteroatoms. The molecule has 0 atom stereocenters. The fourth-order valence-corrected chi connectivity index (χ4v) is 2.36. The lowest BCUT2D eigenvalue weighted by Crippen LogP contribution is -2.42. The first-order valence-electron chi connectivity index (χ1n) is 8.61. The van der Waals surface area contributed by atoms with Gasteiger partial charge in [-0.05, 0) is 39.0 Å². The van der Waals surface area contributed by atoms with E-state index in [1.165, 1.54) is 25.7 Å². The molecule has 1 amide bonds. The number of hydrogen-bond donors (Lipinski definition) is 3. The summed E-state index contributed by atoms with van der Waals surface area (Å²) in [5.41, 5.74) is 1.55. The van der Waals surface area contributed by atoms with Gasteiger partial charge < -0.3 is 16.0 Å². The van der Waals surface area contributed by atoms with E-state index in [1.54, 1.807) is 5.57 Å². The monoisotopic (exact) mass is 308 g/mol. The van der Waals surface area contributed by atoms with Crippen molar-refractivity contribution in [2.45, 2.75) is 52.9 Å². The molecule has 0 bridgehead atoms. The Morgan fingerprint density at radius 1 is 1.23 bits per heavy atom. The minimum Gasteiger partial charge on any atom is -0.357 e. The Morgan fingerprint density at radius 2 is 2.00 bits per heavy atom. The van der Waals surface area contributed by atoms with Gasteiger partial charge in [-0.1, -0.05) is 25.5 Å². The second-order valence-corrected chi connectivity index (χ2v) is 5.99. The van der Waals surface area contributed by atoms with Crippen LogP contribution in [0.15, 0.2) is 16.6 Å². The number of carbonyl (C=O) groups excluding carboxylic acids is 1. The molecular formula is C17H32N4O. The molecule has 0 fully saturated rings. The lowest BCUT2D eigenvalue weighted by atomic mass is 9.97. The zero-order valence-electron chi connectivity index (χ0n) is 14.4. The van der Waals surface area contributed by atoms with Crippen LogP contribution >= 0.6 is 0 Å². The van der Waals surface area contributed by atoms with Crippen LogP contribution in [0.5, 0.6) is 0 Å². The van der Waals surface area contributed by atoms with E-state index in [1.807, 2.05) is 13.8 Å². The van der Waals surface area contributed by atoms with Gasteiger partial charge in [0.1, 0.15) is 0 Å². The van der Waals surface area contributed by atoms with Crippen molar-refractivity contribution in [1.82, 2.24) is 16.0 Å². The third kappa shape index (κ3) is 8.05. The third-order valence-electron chi connectivity index (χ3n) is 3.67. The molecule has 0 aromatic heterocycles. The maximum atomic E-state index is 11.5. The Hall–Kier alpha value is -1.52. The van der Waals surface area contributed by atoms with Crippen molar-refractivity contribution >= 4 is 11.9 Å². The summed E-state index contributed by atoms with van der Waals surface area (Å²) in [6, 6.07) is 0. The number of allylic oxidation sites excluding steroid dienone is 1. The second-order valence-electron chi connectivity index (χ2n) is 5.99. The fraction of sp³-hybridized carbons (Fsp3) is 0.765. The van der Waals surface area contributed by atoms with Gasteiger partial charge in [-0.2, -0.15) is 0 Å². The van der Waals surface area contributed by atoms with Crippen LogP contribution in [0.4, 0.5) is 0 Å². The van der Waals surface area contributed by atoms with E-state index in [4.69, 9.17) is 0 Å². The largest absolute Gasteiger partial charge is 0.357 e. The van der Waals surface area contributed by atoms with Crippen molar-refractivity contribution in [1.29, 1.82) is 0 Å². The summed E-state index contributed by atoms with van der Waals surface area (Å²) in [7, 11) is 0. The molecule has 0 heterocycles. The minimum atomic E-state index is 0.0330. The average molecular weight is 308 g/mol. The van der Waals surface area contributed by atoms with Gasteiger partial charge in [0, 0.05) is 32.1 Å². The number of nitrogens with zero attached hydrogens (tertiary/aromatic N) is 1. The number of guanidine groups is 1. The number of rotatable bonds is 8. The van der Waals surface area contributed by atoms with Crippen molar-refractivity contribution in [3.8, 4) is 0 Å². The Labute approximate surface area is 135 Å². The van der Waals surface area contributed by atoms with Crippen molar-refractivity contribution in [3.05, 3.63) is 11.6 Å². The highest BCUT2D eigenvalue weighted by Crippen LogP contribution is 2.19. The predicted octanol–water partition coefficient (Wildman–Crippen LogP) is 2.20. The normalized spacial score (nSPS) is 15.5. The Bertz CT molecular complexity index is 388. The zero-order valence-corrected chi connectivity index (χ0v) is 14.4. The third-order valence-corrected chi connectivity index (χ3v) is 3.67. The average Bonchev–Trinajstić information content (AvgIpc) is 2.52. The van der Waals surface area contributed by atoms with Crippen LogP contribution < -0.4 is 16.0 Å². The van der Waals surface area contributed by atoms with Crippen LogP contribution in [-0.2, 0) is 4.79 Å². The zero-order chi connectivity index (χ0) is 16.2. The molecule has 0 saturated heterocycles. The standard InChI is InChI=1S/C17H32N4O/c1-4-18-17(21-13-12-19-16(22)14(2)3)20-11-10-15-8-6-5-7-9-15/h8,14H,4-7,9-13H2,1-3H3,(H,19,22)(H2,18,20,21). The highest BCUT2D eigenvalue weighted by atomic mass is 16.1. The van der Waals surface area contributed by atoms with Gasteiger partial charge >= 0.3 is 0 Å². The first-order chi connectivity index (χ1) is 10.6. The summed E-state index contributed by atoms with van der Waals surface area (Å²) in [6.07, 6.45) is 8.55. The number of hydrogen-bond acceptors (Lipinski definition) is 2. The van der Waals surface area contributed by atoms with Gasteiger partial charge in [0.05, 0.1) is 0 Å². The summed E-state index contributed by atoms with van der Waals surface area (Å²) >= 11 is 0. The number of amides is 1. The SMILES string of the molecule is CCNC(=NCCC1=CCCCC1)NCCNC(=O)C(C)C. The molecule has 0 saturated carbocycles. The van der Waals surface area contributed by atoms with Gasteiger partial charge in [0.15, 0.2) is 5.96 Å². The lowest BCUT2D eigenvalue weighted by molar-refractivity contribution is -0.123. The lowest BCUT2D eigenvalue weighted by Gasteiger charge is -2.14. The van der Waals surface area contributed by atoms with E-state index in [0.29, 0.717) is 13.1 Å². The maximum absolute atomic E-state index is 11.5. The number of carbonyl (C=O) groups is 1. The molecule has 1 aliphatic carbocycles. The van der Waals surface area contributed by atoms with Crippen LogP contribution in [0.3, 0.4) is 0 Å². The molecule has 0 radical (unpaired) electrons. The molecule has 0 aromatic carbocycles. The van der Waals surface area contributed by atoms with Crippen LogP contribution in [0.1, 0.15) is 52.9 Å². The van der Waals surface area contributed by atoms with Crippen LogP contribution in [0, 0.1) is 5.92 Å². The minimum absolute atomic E-state index is 0.0330. The molecular weight excluding hydrogens is 276 g/mol. The second kappa shape index (κ2) is 11.1. The predicted molar refractivity (Wildman–Crippen MR) is 93.0 cm³/mol. The van der Waals surface area contributed by atoms with E-state index in [-0.39, 0.29) is 11.8 Å². The first kappa shape index (κ1) is 18.5. The molecule has 0 aliphatic heterocycles. The highest BCUT2D eigenvalue weighted by Gasteiger charge is 2.05. The van der Waals surface area contributed by atoms with Gasteiger partial charge in [-0.3, -0.25) is 9.79 Å².